The van der Waals surface area contributed by atoms with E-state index in [4.69, 9.17) is 9.72 Å². The van der Waals surface area contributed by atoms with Gasteiger partial charge in [0.1, 0.15) is 11.5 Å². The predicted molar refractivity (Wildman–Crippen MR) is 171 cm³/mol. The van der Waals surface area contributed by atoms with Crippen LogP contribution in [0.2, 0.25) is 0 Å². The molecule has 208 valence electrons. The van der Waals surface area contributed by atoms with Gasteiger partial charge in [-0.05, 0) is 75.2 Å². The van der Waals surface area contributed by atoms with E-state index in [1.54, 1.807) is 0 Å². The first kappa shape index (κ1) is 26.1. The molecule has 1 aliphatic heterocycles. The lowest BCUT2D eigenvalue weighted by Gasteiger charge is -2.34. The second-order valence-corrected chi connectivity index (χ2v) is 12.3. The second-order valence-electron chi connectivity index (χ2n) is 12.3. The quantitative estimate of drug-likeness (QED) is 0.215. The molecule has 1 aliphatic carbocycles. The zero-order valence-corrected chi connectivity index (χ0v) is 24.6. The molecule has 7 rings (SSSR count). The second kappa shape index (κ2) is 9.92. The lowest BCUT2D eigenvalue weighted by atomic mass is 9.69. The Hall–Kier alpha value is -4.83. The van der Waals surface area contributed by atoms with Crippen LogP contribution >= 0.6 is 0 Å². The molecular weight excluding hydrogens is 514 g/mol. The Bertz CT molecular complexity index is 1770. The monoisotopic (exact) mass is 549 g/mol. The van der Waals surface area contributed by atoms with Crippen LogP contribution in [-0.4, -0.2) is 23.6 Å². The normalized spacial score (nSPS) is 15.0. The summed E-state index contributed by atoms with van der Waals surface area (Å²) >= 11 is 0. The molecule has 4 nitrogen and oxygen atoms in total. The highest BCUT2D eigenvalue weighted by Gasteiger charge is 2.47. The molecule has 0 saturated heterocycles. The van der Waals surface area contributed by atoms with E-state index in [-0.39, 0.29) is 5.41 Å². The number of hydrogen-bond donors (Lipinski definition) is 0. The molecule has 1 aromatic heterocycles. The fraction of sp³-hybridized carbons (Fsp3) is 0.184. The zero-order chi connectivity index (χ0) is 28.9. The van der Waals surface area contributed by atoms with Crippen molar-refractivity contribution in [2.75, 3.05) is 18.6 Å². The summed E-state index contributed by atoms with van der Waals surface area (Å²) in [6.07, 6.45) is 6.14. The Balaban J connectivity index is 1.39. The van der Waals surface area contributed by atoms with E-state index in [0.717, 1.165) is 35.1 Å². The van der Waals surface area contributed by atoms with Crippen molar-refractivity contribution in [3.8, 4) is 22.6 Å². The van der Waals surface area contributed by atoms with Gasteiger partial charge >= 0.3 is 0 Å². The average Bonchev–Trinajstić information content (AvgIpc) is 3.57. The van der Waals surface area contributed by atoms with Gasteiger partial charge in [-0.15, -0.1) is 0 Å². The highest BCUT2D eigenvalue weighted by atomic mass is 16.5. The lowest BCUT2D eigenvalue weighted by Crippen LogP contribution is -2.30. The summed E-state index contributed by atoms with van der Waals surface area (Å²) in [5.41, 5.74) is 8.92. The van der Waals surface area contributed by atoms with Crippen LogP contribution in [0.15, 0.2) is 128 Å². The minimum absolute atomic E-state index is 0.00810. The molecular formula is C38H35N3O. The molecule has 0 unspecified atom stereocenters. The predicted octanol–water partition coefficient (Wildman–Crippen LogP) is 8.72. The fourth-order valence-electron chi connectivity index (χ4n) is 6.42. The Morgan fingerprint density at radius 3 is 2.05 bits per heavy atom. The molecule has 0 spiro atoms. The molecule has 0 fully saturated rings. The molecule has 5 aromatic rings. The van der Waals surface area contributed by atoms with Gasteiger partial charge in [0.15, 0.2) is 0 Å². The molecule has 0 radical (unpaired) electrons. The minimum atomic E-state index is -0.583. The third-order valence-corrected chi connectivity index (χ3v) is 8.49. The largest absolute Gasteiger partial charge is 0.457 e. The number of rotatable bonds is 5. The molecule has 0 saturated carbocycles. The van der Waals surface area contributed by atoms with E-state index in [0.29, 0.717) is 0 Å². The molecule has 2 heterocycles. The smallest absolute Gasteiger partial charge is 0.129 e. The minimum Gasteiger partial charge on any atom is -0.457 e. The summed E-state index contributed by atoms with van der Waals surface area (Å²) in [6, 6.07) is 38.8. The van der Waals surface area contributed by atoms with E-state index in [9.17, 15) is 0 Å². The van der Waals surface area contributed by atoms with Crippen molar-refractivity contribution < 1.29 is 4.74 Å². The average molecular weight is 550 g/mol. The maximum atomic E-state index is 6.56. The maximum absolute atomic E-state index is 6.56. The fourth-order valence-corrected chi connectivity index (χ4v) is 6.42. The summed E-state index contributed by atoms with van der Waals surface area (Å²) in [5, 5.41) is 0. The molecule has 0 N–H and O–H groups in total. The van der Waals surface area contributed by atoms with E-state index in [1.807, 2.05) is 24.4 Å². The van der Waals surface area contributed by atoms with Crippen LogP contribution in [0.5, 0.6) is 11.5 Å². The van der Waals surface area contributed by atoms with Crippen molar-refractivity contribution in [3.05, 3.63) is 156 Å². The molecule has 0 bridgehead atoms. The summed E-state index contributed by atoms with van der Waals surface area (Å²) in [6.45, 7) is 7.59. The van der Waals surface area contributed by atoms with Gasteiger partial charge in [0.05, 0.1) is 17.8 Å². The van der Waals surface area contributed by atoms with Crippen LogP contribution < -0.4 is 9.64 Å². The number of fused-ring (bicyclic) bond motifs is 3. The zero-order valence-electron chi connectivity index (χ0n) is 24.6. The molecule has 42 heavy (non-hydrogen) atoms. The third-order valence-electron chi connectivity index (χ3n) is 8.49. The summed E-state index contributed by atoms with van der Waals surface area (Å²) in [4.78, 5) is 9.46. The van der Waals surface area contributed by atoms with Crippen LogP contribution in [0.3, 0.4) is 0 Å². The van der Waals surface area contributed by atoms with Gasteiger partial charge in [0, 0.05) is 37.4 Å². The third kappa shape index (κ3) is 4.26. The van der Waals surface area contributed by atoms with E-state index >= 15 is 0 Å². The number of hydrogen-bond acceptors (Lipinski definition) is 4. The van der Waals surface area contributed by atoms with E-state index in [1.165, 1.54) is 27.8 Å². The van der Waals surface area contributed by atoms with Gasteiger partial charge in [-0.1, -0.05) is 87.5 Å². The van der Waals surface area contributed by atoms with Crippen LogP contribution in [-0.2, 0) is 10.8 Å². The van der Waals surface area contributed by atoms with Crippen LogP contribution in [0, 0.1) is 0 Å². The highest BCUT2D eigenvalue weighted by molar-refractivity contribution is 5.85. The Morgan fingerprint density at radius 1 is 0.714 bits per heavy atom. The van der Waals surface area contributed by atoms with Gasteiger partial charge < -0.3 is 14.5 Å². The first-order valence-corrected chi connectivity index (χ1v) is 14.5. The van der Waals surface area contributed by atoms with Gasteiger partial charge in [0.25, 0.3) is 0 Å². The first-order chi connectivity index (χ1) is 20.3. The van der Waals surface area contributed by atoms with Crippen molar-refractivity contribution in [3.63, 3.8) is 0 Å². The van der Waals surface area contributed by atoms with Crippen molar-refractivity contribution in [2.45, 2.75) is 31.6 Å². The number of ether oxygens (including phenoxy) is 1. The van der Waals surface area contributed by atoms with Crippen LogP contribution in [0.25, 0.3) is 11.1 Å². The van der Waals surface area contributed by atoms with Gasteiger partial charge in [-0.25, -0.2) is 0 Å². The maximum Gasteiger partial charge on any atom is 0.129 e. The van der Waals surface area contributed by atoms with Crippen LogP contribution in [0.4, 0.5) is 5.69 Å². The number of anilines is 1. The first-order valence-electron chi connectivity index (χ1n) is 14.5. The molecule has 2 aliphatic rings. The Morgan fingerprint density at radius 2 is 1.38 bits per heavy atom. The standard InChI is InChI=1S/C38H35N3O/c1-37(2,3)27-19-20-39-36(24-27)38(34-17-7-5-15-32(34)33-16-6-8-18-35(33)38)28-11-9-13-30(23-28)42-31-14-10-12-29(25-31)41-22-21-40(4)26-41/h5-25H,26H2,1-4H3. The topological polar surface area (TPSA) is 28.6 Å². The molecule has 0 amide bonds. The molecule has 4 aromatic carbocycles. The van der Waals surface area contributed by atoms with E-state index < -0.39 is 5.41 Å². The summed E-state index contributed by atoms with van der Waals surface area (Å²) in [5.74, 6) is 1.61. The number of aromatic nitrogens is 1. The van der Waals surface area contributed by atoms with Gasteiger partial charge in [0.2, 0.25) is 0 Å². The highest BCUT2D eigenvalue weighted by Crippen LogP contribution is 2.56. The van der Waals surface area contributed by atoms with Crippen LogP contribution in [0.1, 0.15) is 48.7 Å². The summed E-state index contributed by atoms with van der Waals surface area (Å²) < 4.78 is 6.56. The number of pyridine rings is 1. The Labute approximate surface area is 248 Å². The van der Waals surface area contributed by atoms with Gasteiger partial charge in [-0.2, -0.15) is 0 Å². The van der Waals surface area contributed by atoms with E-state index in [2.05, 4.69) is 141 Å². The molecule has 4 heteroatoms. The molecule has 0 atom stereocenters. The lowest BCUT2D eigenvalue weighted by molar-refractivity contribution is 0.479. The van der Waals surface area contributed by atoms with Crippen molar-refractivity contribution >= 4 is 5.69 Å². The number of benzene rings is 4. The van der Waals surface area contributed by atoms with Crippen molar-refractivity contribution in [2.24, 2.45) is 0 Å². The van der Waals surface area contributed by atoms with Crippen molar-refractivity contribution in [1.82, 2.24) is 9.88 Å². The summed E-state index contributed by atoms with van der Waals surface area (Å²) in [7, 11) is 2.07. The van der Waals surface area contributed by atoms with Gasteiger partial charge in [-0.3, -0.25) is 4.98 Å². The Kier molecular flexibility index (Phi) is 6.16. The number of nitrogens with zero attached hydrogens (tertiary/aromatic N) is 3. The SMILES string of the molecule is CN1C=CN(c2cccc(Oc3cccc(C4(c5cc(C(C)(C)C)ccn5)c5ccccc5-c5ccccc54)c3)c2)C1. The van der Waals surface area contributed by atoms with Crippen molar-refractivity contribution in [1.29, 1.82) is 0 Å².